The lowest BCUT2D eigenvalue weighted by Crippen LogP contribution is -2.26. The number of carbonyl (C=O) groups is 2. The lowest BCUT2D eigenvalue weighted by Gasteiger charge is -2.09. The summed E-state index contributed by atoms with van der Waals surface area (Å²) in [5, 5.41) is 11.1. The van der Waals surface area contributed by atoms with Crippen LogP contribution in [0.4, 0.5) is 5.69 Å². The maximum Gasteiger partial charge on any atom is 0.259 e. The molecule has 0 aliphatic rings. The average molecular weight is 342 g/mol. The largest absolute Gasteiger partial charge is 0.463 e. The maximum atomic E-state index is 12.6. The Balaban J connectivity index is 1.76. The molecular formula is C16H18N6O3. The van der Waals surface area contributed by atoms with Crippen LogP contribution in [0.5, 0.6) is 0 Å². The van der Waals surface area contributed by atoms with Crippen molar-refractivity contribution in [1.82, 2.24) is 24.5 Å². The molecule has 9 nitrogen and oxygen atoms in total. The molecule has 3 rings (SSSR count). The Morgan fingerprint density at radius 2 is 2.12 bits per heavy atom. The molecule has 9 heteroatoms. The minimum Gasteiger partial charge on any atom is -0.463 e. The quantitative estimate of drug-likeness (QED) is 0.752. The van der Waals surface area contributed by atoms with E-state index in [0.29, 0.717) is 22.7 Å². The van der Waals surface area contributed by atoms with Crippen molar-refractivity contribution in [3.05, 3.63) is 42.5 Å². The van der Waals surface area contributed by atoms with Crippen LogP contribution in [-0.4, -0.2) is 50.4 Å². The highest BCUT2D eigenvalue weighted by Crippen LogP contribution is 2.23. The molecule has 25 heavy (non-hydrogen) atoms. The monoisotopic (exact) mass is 342 g/mol. The number of likely N-dealkylation sites (N-methyl/N-ethyl adjacent to an activating group) is 1. The minimum atomic E-state index is -0.335. The summed E-state index contributed by atoms with van der Waals surface area (Å²) in [7, 11) is 5.08. The van der Waals surface area contributed by atoms with Gasteiger partial charge < -0.3 is 14.6 Å². The summed E-state index contributed by atoms with van der Waals surface area (Å²) in [6.07, 6.45) is 6.23. The molecule has 0 spiro atoms. The molecule has 0 unspecified atom stereocenters. The van der Waals surface area contributed by atoms with E-state index in [1.807, 2.05) is 0 Å². The van der Waals surface area contributed by atoms with E-state index in [1.165, 1.54) is 22.0 Å². The molecule has 0 aromatic carbocycles. The van der Waals surface area contributed by atoms with Gasteiger partial charge in [0.05, 0.1) is 23.7 Å². The van der Waals surface area contributed by atoms with Crippen molar-refractivity contribution >= 4 is 17.5 Å². The van der Waals surface area contributed by atoms with Gasteiger partial charge in [-0.2, -0.15) is 10.2 Å². The number of aryl methyl sites for hydroxylation is 1. The van der Waals surface area contributed by atoms with Crippen molar-refractivity contribution in [1.29, 1.82) is 0 Å². The van der Waals surface area contributed by atoms with Gasteiger partial charge in [-0.1, -0.05) is 0 Å². The molecule has 0 bridgehead atoms. The Labute approximate surface area is 143 Å². The highest BCUT2D eigenvalue weighted by molar-refractivity contribution is 6.07. The molecule has 3 heterocycles. The summed E-state index contributed by atoms with van der Waals surface area (Å²) in [6, 6.07) is 3.47. The fourth-order valence-electron chi connectivity index (χ4n) is 2.24. The number of hydrogen-bond donors (Lipinski definition) is 1. The molecule has 1 N–H and O–H groups in total. The topological polar surface area (TPSA) is 98.2 Å². The van der Waals surface area contributed by atoms with Crippen LogP contribution in [0.15, 0.2) is 41.4 Å². The van der Waals surface area contributed by atoms with E-state index in [9.17, 15) is 9.59 Å². The second-order valence-electron chi connectivity index (χ2n) is 5.71. The number of nitrogens with one attached hydrogen (secondary N) is 1. The first kappa shape index (κ1) is 16.5. The molecule has 0 fully saturated rings. The van der Waals surface area contributed by atoms with Gasteiger partial charge in [0.15, 0.2) is 5.76 Å². The fourth-order valence-corrected chi connectivity index (χ4v) is 2.24. The average Bonchev–Trinajstić information content (AvgIpc) is 3.27. The van der Waals surface area contributed by atoms with Crippen molar-refractivity contribution in [3.8, 4) is 11.5 Å². The highest BCUT2D eigenvalue weighted by Gasteiger charge is 2.19. The summed E-state index contributed by atoms with van der Waals surface area (Å²) in [5.41, 5.74) is 1.33. The van der Waals surface area contributed by atoms with Gasteiger partial charge in [0, 0.05) is 33.5 Å². The van der Waals surface area contributed by atoms with Crippen molar-refractivity contribution in [2.45, 2.75) is 6.54 Å². The van der Waals surface area contributed by atoms with Crippen LogP contribution in [0.2, 0.25) is 0 Å². The Bertz CT molecular complexity index is 891. The van der Waals surface area contributed by atoms with Crippen LogP contribution < -0.4 is 5.32 Å². The minimum absolute atomic E-state index is 0.0895. The number of carbonyl (C=O) groups excluding carboxylic acids is 2. The van der Waals surface area contributed by atoms with Crippen molar-refractivity contribution in [2.24, 2.45) is 7.05 Å². The van der Waals surface area contributed by atoms with Crippen molar-refractivity contribution < 1.29 is 14.0 Å². The zero-order valence-electron chi connectivity index (χ0n) is 14.1. The van der Waals surface area contributed by atoms with Gasteiger partial charge in [-0.05, 0) is 12.1 Å². The van der Waals surface area contributed by atoms with Crippen LogP contribution >= 0.6 is 0 Å². The van der Waals surface area contributed by atoms with Crippen LogP contribution in [-0.2, 0) is 18.4 Å². The molecule has 0 saturated heterocycles. The number of furan rings is 1. The van der Waals surface area contributed by atoms with Gasteiger partial charge >= 0.3 is 0 Å². The molecule has 0 aliphatic carbocycles. The molecule has 0 saturated carbocycles. The maximum absolute atomic E-state index is 12.6. The van der Waals surface area contributed by atoms with Crippen LogP contribution in [0.25, 0.3) is 11.5 Å². The first-order chi connectivity index (χ1) is 11.9. The van der Waals surface area contributed by atoms with Gasteiger partial charge in [-0.15, -0.1) is 0 Å². The summed E-state index contributed by atoms with van der Waals surface area (Å²) >= 11 is 0. The van der Waals surface area contributed by atoms with Crippen LogP contribution in [0, 0.1) is 0 Å². The summed E-state index contributed by atoms with van der Waals surface area (Å²) in [4.78, 5) is 25.7. The molecule has 3 aromatic rings. The van der Waals surface area contributed by atoms with Gasteiger partial charge in [0.25, 0.3) is 5.91 Å². The van der Waals surface area contributed by atoms with Gasteiger partial charge in [-0.25, -0.2) is 0 Å². The first-order valence-electron chi connectivity index (χ1n) is 7.55. The molecule has 0 aliphatic heterocycles. The van der Waals surface area contributed by atoms with Crippen LogP contribution in [0.1, 0.15) is 10.4 Å². The van der Waals surface area contributed by atoms with E-state index >= 15 is 0 Å². The Kier molecular flexibility index (Phi) is 4.38. The number of anilines is 1. The van der Waals surface area contributed by atoms with E-state index in [4.69, 9.17) is 4.42 Å². The van der Waals surface area contributed by atoms with E-state index < -0.39 is 0 Å². The zero-order valence-corrected chi connectivity index (χ0v) is 14.1. The molecule has 0 radical (unpaired) electrons. The predicted octanol–water partition coefficient (Wildman–Crippen LogP) is 1.22. The fraction of sp³-hybridized carbons (Fsp3) is 0.250. The lowest BCUT2D eigenvalue weighted by molar-refractivity contribution is -0.129. The number of amides is 2. The SMILES string of the molecule is CN(C)C(=O)Cn1cc(NC(=O)c2cn(C)nc2-c2ccco2)cn1. The number of nitrogens with zero attached hydrogens (tertiary/aromatic N) is 5. The Hall–Kier alpha value is -3.36. The standard InChI is InChI=1S/C16H18N6O3/c1-20(2)14(23)10-22-8-11(7-17-22)18-16(24)12-9-21(3)19-15(12)13-5-4-6-25-13/h4-9H,10H2,1-3H3,(H,18,24). The van der Waals surface area contributed by atoms with E-state index in [-0.39, 0.29) is 18.4 Å². The smallest absolute Gasteiger partial charge is 0.259 e. The molecule has 130 valence electrons. The molecular weight excluding hydrogens is 324 g/mol. The summed E-state index contributed by atoms with van der Waals surface area (Å²) < 4.78 is 8.34. The third kappa shape index (κ3) is 3.60. The van der Waals surface area contributed by atoms with E-state index in [2.05, 4.69) is 15.5 Å². The third-order valence-corrected chi connectivity index (χ3v) is 3.52. The second-order valence-corrected chi connectivity index (χ2v) is 5.71. The van der Waals surface area contributed by atoms with Crippen molar-refractivity contribution in [3.63, 3.8) is 0 Å². The third-order valence-electron chi connectivity index (χ3n) is 3.52. The summed E-state index contributed by atoms with van der Waals surface area (Å²) in [6.45, 7) is 0.105. The van der Waals surface area contributed by atoms with Gasteiger partial charge in [-0.3, -0.25) is 19.0 Å². The van der Waals surface area contributed by atoms with Gasteiger partial charge in [0.2, 0.25) is 5.91 Å². The van der Waals surface area contributed by atoms with Crippen molar-refractivity contribution in [2.75, 3.05) is 19.4 Å². The molecule has 3 aromatic heterocycles. The Morgan fingerprint density at radius 3 is 2.80 bits per heavy atom. The number of rotatable bonds is 5. The number of aromatic nitrogens is 4. The predicted molar refractivity (Wildman–Crippen MR) is 89.8 cm³/mol. The second kappa shape index (κ2) is 6.63. The van der Waals surface area contributed by atoms with E-state index in [0.717, 1.165) is 0 Å². The molecule has 0 atom stereocenters. The Morgan fingerprint density at radius 1 is 1.32 bits per heavy atom. The van der Waals surface area contributed by atoms with Gasteiger partial charge in [0.1, 0.15) is 12.2 Å². The van der Waals surface area contributed by atoms with Crippen LogP contribution in [0.3, 0.4) is 0 Å². The molecule has 2 amide bonds. The first-order valence-corrected chi connectivity index (χ1v) is 7.55. The van der Waals surface area contributed by atoms with E-state index in [1.54, 1.807) is 50.4 Å². The lowest BCUT2D eigenvalue weighted by atomic mass is 10.2. The normalized spacial score (nSPS) is 10.7. The summed E-state index contributed by atoms with van der Waals surface area (Å²) in [5.74, 6) is 0.0874. The number of hydrogen-bond acceptors (Lipinski definition) is 5. The highest BCUT2D eigenvalue weighted by atomic mass is 16.3. The zero-order chi connectivity index (χ0) is 18.0.